The van der Waals surface area contributed by atoms with Gasteiger partial charge in [0.15, 0.2) is 0 Å². The van der Waals surface area contributed by atoms with Crippen LogP contribution in [0.3, 0.4) is 0 Å². The highest BCUT2D eigenvalue weighted by Gasteiger charge is 2.14. The van der Waals surface area contributed by atoms with E-state index in [1.807, 2.05) is 6.92 Å². The SMILES string of the molecule is CCCNc1ncc(S(=O)(=O)NCCS(=O)CC)cn1. The standard InChI is InChI=1S/C11H20N4O3S2/c1-3-5-12-11-13-8-10(9-14-11)20(17,18)15-6-7-19(16)4-2/h8-9,15H,3-7H2,1-2H3,(H,12,13,14). The van der Waals surface area contributed by atoms with Crippen LogP contribution in [-0.2, 0) is 20.8 Å². The van der Waals surface area contributed by atoms with Gasteiger partial charge in [0.25, 0.3) is 0 Å². The van der Waals surface area contributed by atoms with Crippen molar-refractivity contribution in [1.29, 1.82) is 0 Å². The van der Waals surface area contributed by atoms with E-state index in [0.717, 1.165) is 13.0 Å². The van der Waals surface area contributed by atoms with Crippen LogP contribution in [0.4, 0.5) is 5.95 Å². The van der Waals surface area contributed by atoms with Crippen molar-refractivity contribution in [3.05, 3.63) is 12.4 Å². The van der Waals surface area contributed by atoms with E-state index in [4.69, 9.17) is 0 Å². The molecule has 0 aliphatic carbocycles. The molecule has 9 heteroatoms. The van der Waals surface area contributed by atoms with Gasteiger partial charge in [0.1, 0.15) is 4.90 Å². The molecule has 0 saturated heterocycles. The molecule has 1 atom stereocenters. The second kappa shape index (κ2) is 8.28. The van der Waals surface area contributed by atoms with Gasteiger partial charge in [0.2, 0.25) is 16.0 Å². The third kappa shape index (κ3) is 5.51. The van der Waals surface area contributed by atoms with Crippen LogP contribution < -0.4 is 10.0 Å². The molecule has 0 aromatic carbocycles. The van der Waals surface area contributed by atoms with Crippen LogP contribution in [0.15, 0.2) is 17.3 Å². The number of hydrogen-bond donors (Lipinski definition) is 2. The fourth-order valence-electron chi connectivity index (χ4n) is 1.30. The number of anilines is 1. The largest absolute Gasteiger partial charge is 0.354 e. The molecule has 0 bridgehead atoms. The molecule has 114 valence electrons. The first kappa shape index (κ1) is 17.0. The third-order valence-corrected chi connectivity index (χ3v) is 5.13. The number of sulfonamides is 1. The molecular weight excluding hydrogens is 300 g/mol. The van der Waals surface area contributed by atoms with Gasteiger partial charge >= 0.3 is 0 Å². The highest BCUT2D eigenvalue weighted by atomic mass is 32.2. The van der Waals surface area contributed by atoms with Gasteiger partial charge in [-0.25, -0.2) is 23.1 Å². The first-order chi connectivity index (χ1) is 9.49. The maximum atomic E-state index is 11.9. The van der Waals surface area contributed by atoms with Crippen molar-refractivity contribution < 1.29 is 12.6 Å². The summed E-state index contributed by atoms with van der Waals surface area (Å²) < 4.78 is 37.4. The Morgan fingerprint density at radius 1 is 1.20 bits per heavy atom. The lowest BCUT2D eigenvalue weighted by atomic mass is 10.5. The fourth-order valence-corrected chi connectivity index (χ4v) is 2.97. The van der Waals surface area contributed by atoms with E-state index >= 15 is 0 Å². The number of aromatic nitrogens is 2. The molecule has 0 fully saturated rings. The Balaban J connectivity index is 2.61. The molecule has 0 aliphatic rings. The molecule has 20 heavy (non-hydrogen) atoms. The zero-order valence-electron chi connectivity index (χ0n) is 11.6. The van der Waals surface area contributed by atoms with Gasteiger partial charge in [-0.05, 0) is 6.42 Å². The Morgan fingerprint density at radius 3 is 2.40 bits per heavy atom. The van der Waals surface area contributed by atoms with Gasteiger partial charge in [-0.15, -0.1) is 0 Å². The van der Waals surface area contributed by atoms with Crippen LogP contribution in [0.2, 0.25) is 0 Å². The number of nitrogens with zero attached hydrogens (tertiary/aromatic N) is 2. The van der Waals surface area contributed by atoms with E-state index in [1.54, 1.807) is 6.92 Å². The summed E-state index contributed by atoms with van der Waals surface area (Å²) in [5, 5.41) is 2.96. The van der Waals surface area contributed by atoms with E-state index < -0.39 is 20.8 Å². The van der Waals surface area contributed by atoms with Gasteiger partial charge < -0.3 is 5.32 Å². The van der Waals surface area contributed by atoms with Crippen molar-refractivity contribution in [2.24, 2.45) is 0 Å². The first-order valence-electron chi connectivity index (χ1n) is 6.40. The molecule has 1 unspecified atom stereocenters. The summed E-state index contributed by atoms with van der Waals surface area (Å²) >= 11 is 0. The molecule has 2 N–H and O–H groups in total. The van der Waals surface area contributed by atoms with E-state index in [0.29, 0.717) is 17.5 Å². The van der Waals surface area contributed by atoms with Crippen molar-refractivity contribution >= 4 is 26.8 Å². The smallest absolute Gasteiger partial charge is 0.243 e. The third-order valence-electron chi connectivity index (χ3n) is 2.42. The average Bonchev–Trinajstić information content (AvgIpc) is 2.45. The summed E-state index contributed by atoms with van der Waals surface area (Å²) in [4.78, 5) is 7.88. The topological polar surface area (TPSA) is 101 Å². The van der Waals surface area contributed by atoms with E-state index in [2.05, 4.69) is 20.0 Å². The summed E-state index contributed by atoms with van der Waals surface area (Å²) in [6.45, 7) is 4.67. The molecule has 1 aromatic rings. The van der Waals surface area contributed by atoms with Crippen molar-refractivity contribution in [3.8, 4) is 0 Å². The molecule has 1 rings (SSSR count). The van der Waals surface area contributed by atoms with E-state index in [1.165, 1.54) is 12.4 Å². The minimum Gasteiger partial charge on any atom is -0.354 e. The Bertz CT molecular complexity index is 531. The average molecular weight is 320 g/mol. The number of rotatable bonds is 9. The zero-order valence-corrected chi connectivity index (χ0v) is 13.3. The summed E-state index contributed by atoms with van der Waals surface area (Å²) in [6, 6.07) is 0. The lowest BCUT2D eigenvalue weighted by molar-refractivity contribution is 0.583. The fraction of sp³-hybridized carbons (Fsp3) is 0.636. The van der Waals surface area contributed by atoms with Gasteiger partial charge in [0.05, 0.1) is 12.4 Å². The molecule has 0 amide bonds. The predicted molar refractivity (Wildman–Crippen MR) is 79.6 cm³/mol. The van der Waals surface area contributed by atoms with E-state index in [-0.39, 0.29) is 11.4 Å². The predicted octanol–water partition coefficient (Wildman–Crippen LogP) is 0.345. The Morgan fingerprint density at radius 2 is 1.85 bits per heavy atom. The van der Waals surface area contributed by atoms with Crippen molar-refractivity contribution in [1.82, 2.24) is 14.7 Å². The van der Waals surface area contributed by atoms with Gasteiger partial charge in [-0.2, -0.15) is 0 Å². The van der Waals surface area contributed by atoms with Crippen molar-refractivity contribution in [2.75, 3.05) is 29.9 Å². The minimum absolute atomic E-state index is 0.00169. The highest BCUT2D eigenvalue weighted by molar-refractivity contribution is 7.89. The Kier molecular flexibility index (Phi) is 7.03. The summed E-state index contributed by atoms with van der Waals surface area (Å²) in [6.07, 6.45) is 3.44. The van der Waals surface area contributed by atoms with Crippen LogP contribution in [-0.4, -0.2) is 47.2 Å². The van der Waals surface area contributed by atoms with Crippen LogP contribution >= 0.6 is 0 Å². The molecular formula is C11H20N4O3S2. The molecule has 0 radical (unpaired) electrons. The molecule has 0 saturated carbocycles. The zero-order chi connectivity index (χ0) is 15.0. The van der Waals surface area contributed by atoms with Gasteiger partial charge in [-0.1, -0.05) is 13.8 Å². The van der Waals surface area contributed by atoms with Crippen molar-refractivity contribution in [2.45, 2.75) is 25.2 Å². The lowest BCUT2D eigenvalue weighted by Crippen LogP contribution is -2.28. The molecule has 1 aromatic heterocycles. The van der Waals surface area contributed by atoms with Crippen LogP contribution in [0.5, 0.6) is 0 Å². The molecule has 1 heterocycles. The van der Waals surface area contributed by atoms with Crippen molar-refractivity contribution in [3.63, 3.8) is 0 Å². The molecule has 0 spiro atoms. The van der Waals surface area contributed by atoms with Crippen LogP contribution in [0.1, 0.15) is 20.3 Å². The molecule has 0 aliphatic heterocycles. The summed E-state index contributed by atoms with van der Waals surface area (Å²) in [5.41, 5.74) is 0. The van der Waals surface area contributed by atoms with E-state index in [9.17, 15) is 12.6 Å². The second-order valence-electron chi connectivity index (χ2n) is 4.00. The monoisotopic (exact) mass is 320 g/mol. The Hall–Kier alpha value is -1.06. The normalized spacial score (nSPS) is 13.1. The number of nitrogens with one attached hydrogen (secondary N) is 2. The lowest BCUT2D eigenvalue weighted by Gasteiger charge is -2.07. The van der Waals surface area contributed by atoms with Crippen LogP contribution in [0.25, 0.3) is 0 Å². The highest BCUT2D eigenvalue weighted by Crippen LogP contribution is 2.07. The first-order valence-corrected chi connectivity index (χ1v) is 9.37. The molecule has 7 nitrogen and oxygen atoms in total. The maximum absolute atomic E-state index is 11.9. The van der Waals surface area contributed by atoms with Crippen LogP contribution in [0, 0.1) is 0 Å². The second-order valence-corrected chi connectivity index (χ2v) is 7.63. The summed E-state index contributed by atoms with van der Waals surface area (Å²) in [7, 11) is -4.63. The minimum atomic E-state index is -3.64. The number of hydrogen-bond acceptors (Lipinski definition) is 6. The Labute approximate surface area is 122 Å². The quantitative estimate of drug-likeness (QED) is 0.680. The summed E-state index contributed by atoms with van der Waals surface area (Å²) in [5.74, 6) is 1.22. The maximum Gasteiger partial charge on any atom is 0.243 e. The van der Waals surface area contributed by atoms with Gasteiger partial charge in [-0.3, -0.25) is 4.21 Å². The van der Waals surface area contributed by atoms with Gasteiger partial charge in [0, 0.05) is 35.4 Å².